The van der Waals surface area contributed by atoms with Gasteiger partial charge < -0.3 is 4.98 Å². The van der Waals surface area contributed by atoms with Crippen molar-refractivity contribution in [3.05, 3.63) is 20.7 Å². The summed E-state index contributed by atoms with van der Waals surface area (Å²) in [5, 5.41) is 0.771. The minimum atomic E-state index is -0.207. The fourth-order valence-electron chi connectivity index (χ4n) is 1.34. The van der Waals surface area contributed by atoms with Crippen molar-refractivity contribution in [2.45, 2.75) is 13.3 Å². The molecule has 2 rings (SSSR count). The molecule has 0 atom stereocenters. The number of hydrogen-bond donors (Lipinski definition) is 2. The SMILES string of the molecule is CC(=O)CSC1=Nc2[nH]c(=S)[nH]c(=O)c2C1. The fraction of sp³-hybridized carbons (Fsp3) is 0.333. The van der Waals surface area contributed by atoms with Crippen molar-refractivity contribution < 1.29 is 4.79 Å². The minimum absolute atomic E-state index is 0.0884. The molecule has 0 spiro atoms. The van der Waals surface area contributed by atoms with Crippen LogP contribution in [0.2, 0.25) is 0 Å². The number of fused-ring (bicyclic) bond motifs is 1. The van der Waals surface area contributed by atoms with Crippen LogP contribution in [-0.4, -0.2) is 26.5 Å². The molecule has 0 bridgehead atoms. The Bertz CT molecular complexity index is 585. The quantitative estimate of drug-likeness (QED) is 0.782. The molecular formula is C9H9N3O2S2. The van der Waals surface area contributed by atoms with Gasteiger partial charge in [-0.25, -0.2) is 4.99 Å². The summed E-state index contributed by atoms with van der Waals surface area (Å²) in [7, 11) is 0. The molecule has 0 saturated heterocycles. The van der Waals surface area contributed by atoms with Crippen LogP contribution in [0.3, 0.4) is 0 Å². The number of ketones is 1. The molecule has 5 nitrogen and oxygen atoms in total. The van der Waals surface area contributed by atoms with E-state index in [1.54, 1.807) is 0 Å². The Morgan fingerprint density at radius 1 is 1.56 bits per heavy atom. The van der Waals surface area contributed by atoms with Gasteiger partial charge in [-0.05, 0) is 19.1 Å². The van der Waals surface area contributed by atoms with E-state index in [2.05, 4.69) is 15.0 Å². The fourth-order valence-corrected chi connectivity index (χ4v) is 2.30. The van der Waals surface area contributed by atoms with Gasteiger partial charge in [0.05, 0.1) is 16.4 Å². The van der Waals surface area contributed by atoms with Gasteiger partial charge in [-0.15, -0.1) is 11.8 Å². The van der Waals surface area contributed by atoms with Gasteiger partial charge in [0, 0.05) is 6.42 Å². The van der Waals surface area contributed by atoms with Gasteiger partial charge in [-0.1, -0.05) is 0 Å². The Labute approximate surface area is 100 Å². The first-order valence-corrected chi connectivity index (χ1v) is 6.01. The van der Waals surface area contributed by atoms with E-state index < -0.39 is 0 Å². The number of carbonyl (C=O) groups excluding carboxylic acids is 1. The van der Waals surface area contributed by atoms with Crippen LogP contribution in [-0.2, 0) is 11.2 Å². The Balaban J connectivity index is 2.25. The maximum Gasteiger partial charge on any atom is 0.257 e. The average Bonchev–Trinajstić information content (AvgIpc) is 2.57. The average molecular weight is 255 g/mol. The number of nitrogens with one attached hydrogen (secondary N) is 2. The summed E-state index contributed by atoms with van der Waals surface area (Å²) in [5.41, 5.74) is 0.376. The normalized spacial score (nSPS) is 13.4. The number of hydrogen-bond acceptors (Lipinski definition) is 5. The molecule has 0 amide bonds. The van der Waals surface area contributed by atoms with Crippen LogP contribution in [0, 0.1) is 4.77 Å². The summed E-state index contributed by atoms with van der Waals surface area (Å²) < 4.78 is 0.269. The Hall–Kier alpha value is -1.21. The van der Waals surface area contributed by atoms with E-state index in [0.29, 0.717) is 23.6 Å². The molecule has 0 unspecified atom stereocenters. The van der Waals surface area contributed by atoms with Crippen molar-refractivity contribution in [3.63, 3.8) is 0 Å². The van der Waals surface area contributed by atoms with Crippen molar-refractivity contribution in [1.82, 2.24) is 9.97 Å². The monoisotopic (exact) mass is 255 g/mol. The lowest BCUT2D eigenvalue weighted by atomic mass is 10.3. The van der Waals surface area contributed by atoms with Gasteiger partial charge in [0.25, 0.3) is 5.56 Å². The maximum atomic E-state index is 11.5. The van der Waals surface area contributed by atoms with E-state index in [1.807, 2.05) is 0 Å². The van der Waals surface area contributed by atoms with Crippen LogP contribution in [0.25, 0.3) is 0 Å². The van der Waals surface area contributed by atoms with Gasteiger partial charge in [0.15, 0.2) is 4.77 Å². The summed E-state index contributed by atoms with van der Waals surface area (Å²) in [6.07, 6.45) is 0.467. The number of thioether (sulfide) groups is 1. The standard InChI is InChI=1S/C9H9N3O2S2/c1-4(13)3-16-6-2-5-7(10-6)11-9(15)12-8(5)14/h2-3H2,1H3,(H2,11,12,14,15). The summed E-state index contributed by atoms with van der Waals surface area (Å²) in [6.45, 7) is 1.52. The van der Waals surface area contributed by atoms with E-state index >= 15 is 0 Å². The van der Waals surface area contributed by atoms with Crippen molar-refractivity contribution >= 4 is 40.6 Å². The minimum Gasteiger partial charge on any atom is -0.317 e. The molecule has 0 aliphatic carbocycles. The lowest BCUT2D eigenvalue weighted by Crippen LogP contribution is -2.13. The molecule has 0 aromatic carbocycles. The zero-order valence-electron chi connectivity index (χ0n) is 8.49. The largest absolute Gasteiger partial charge is 0.317 e. The summed E-state index contributed by atoms with van der Waals surface area (Å²) in [5.74, 6) is 0.983. The second-order valence-corrected chi connectivity index (χ2v) is 4.87. The first-order valence-electron chi connectivity index (χ1n) is 4.61. The zero-order valence-corrected chi connectivity index (χ0v) is 10.1. The van der Waals surface area contributed by atoms with Crippen LogP contribution in [0.15, 0.2) is 9.79 Å². The first-order chi connectivity index (χ1) is 7.56. The number of H-pyrrole nitrogens is 2. The molecule has 0 saturated carbocycles. The van der Waals surface area contributed by atoms with E-state index in [-0.39, 0.29) is 16.1 Å². The van der Waals surface area contributed by atoms with Crippen LogP contribution < -0.4 is 5.56 Å². The lowest BCUT2D eigenvalue weighted by molar-refractivity contribution is -0.114. The Morgan fingerprint density at radius 2 is 2.31 bits per heavy atom. The number of carbonyl (C=O) groups is 1. The second-order valence-electron chi connectivity index (χ2n) is 3.41. The van der Waals surface area contributed by atoms with Gasteiger partial charge >= 0.3 is 0 Å². The first kappa shape index (κ1) is 11.3. The highest BCUT2D eigenvalue weighted by molar-refractivity contribution is 8.14. The highest BCUT2D eigenvalue weighted by Crippen LogP contribution is 2.25. The zero-order chi connectivity index (χ0) is 11.7. The molecule has 0 radical (unpaired) electrons. The third-order valence-electron chi connectivity index (χ3n) is 2.03. The lowest BCUT2D eigenvalue weighted by Gasteiger charge is -1.95. The number of aliphatic imine (C=N–C) groups is 1. The molecule has 16 heavy (non-hydrogen) atoms. The van der Waals surface area contributed by atoms with Crippen molar-refractivity contribution in [2.24, 2.45) is 4.99 Å². The maximum absolute atomic E-state index is 11.5. The van der Waals surface area contributed by atoms with Gasteiger partial charge in [0.2, 0.25) is 0 Å². The van der Waals surface area contributed by atoms with Gasteiger partial charge in [-0.2, -0.15) is 0 Å². The van der Waals surface area contributed by atoms with E-state index in [1.165, 1.54) is 18.7 Å². The topological polar surface area (TPSA) is 78.1 Å². The molecule has 84 valence electrons. The smallest absolute Gasteiger partial charge is 0.257 e. The summed E-state index contributed by atoms with van der Waals surface area (Å²) >= 11 is 6.20. The summed E-state index contributed by atoms with van der Waals surface area (Å²) in [4.78, 5) is 31.9. The third-order valence-corrected chi connectivity index (χ3v) is 3.35. The van der Waals surface area contributed by atoms with Crippen molar-refractivity contribution in [1.29, 1.82) is 0 Å². The van der Waals surface area contributed by atoms with Crippen LogP contribution in [0.4, 0.5) is 5.82 Å². The molecule has 7 heteroatoms. The van der Waals surface area contributed by atoms with E-state index in [0.717, 1.165) is 5.04 Å². The second kappa shape index (κ2) is 4.34. The molecule has 1 aromatic heterocycles. The van der Waals surface area contributed by atoms with Crippen LogP contribution >= 0.6 is 24.0 Å². The predicted molar refractivity (Wildman–Crippen MR) is 66.2 cm³/mol. The van der Waals surface area contributed by atoms with E-state index in [4.69, 9.17) is 12.2 Å². The Morgan fingerprint density at radius 3 is 3.00 bits per heavy atom. The summed E-state index contributed by atoms with van der Waals surface area (Å²) in [6, 6.07) is 0. The molecule has 1 aromatic rings. The number of nitrogens with zero attached hydrogens (tertiary/aromatic N) is 1. The van der Waals surface area contributed by atoms with Gasteiger partial charge in [0.1, 0.15) is 11.6 Å². The highest BCUT2D eigenvalue weighted by Gasteiger charge is 2.19. The van der Waals surface area contributed by atoms with Crippen LogP contribution in [0.1, 0.15) is 12.5 Å². The van der Waals surface area contributed by atoms with Gasteiger partial charge in [-0.3, -0.25) is 14.6 Å². The molecule has 1 aliphatic heterocycles. The third kappa shape index (κ3) is 2.30. The van der Waals surface area contributed by atoms with Crippen molar-refractivity contribution in [2.75, 3.05) is 5.75 Å². The number of aromatic amines is 2. The molecule has 1 aliphatic rings. The molecular weight excluding hydrogens is 246 g/mol. The number of aromatic nitrogens is 2. The highest BCUT2D eigenvalue weighted by atomic mass is 32.2. The predicted octanol–water partition coefficient (Wildman–Crippen LogP) is 1.34. The van der Waals surface area contributed by atoms with Crippen LogP contribution in [0.5, 0.6) is 0 Å². The Kier molecular flexibility index (Phi) is 3.06. The molecule has 2 heterocycles. The number of Topliss-reactive ketones (excluding diaryl/α,β-unsaturated/α-hetero) is 1. The molecule has 0 fully saturated rings. The number of rotatable bonds is 2. The van der Waals surface area contributed by atoms with E-state index in [9.17, 15) is 9.59 Å². The van der Waals surface area contributed by atoms with Crippen molar-refractivity contribution in [3.8, 4) is 0 Å². The molecule has 2 N–H and O–H groups in total.